The predicted molar refractivity (Wildman–Crippen MR) is 80.7 cm³/mol. The Morgan fingerprint density at radius 3 is 2.76 bits per heavy atom. The topological polar surface area (TPSA) is 58.4 Å². The normalized spacial score (nSPS) is 14.0. The molecule has 1 aliphatic rings. The number of carbonyl (C=O) groups is 1. The second-order valence-corrected chi connectivity index (χ2v) is 5.31. The summed E-state index contributed by atoms with van der Waals surface area (Å²) in [5, 5.41) is 13.7. The first kappa shape index (κ1) is 13.7. The Balaban J connectivity index is 1.96. The molecule has 2 heterocycles. The number of aryl methyl sites for hydroxylation is 1. The van der Waals surface area contributed by atoms with Crippen molar-refractivity contribution in [1.82, 2.24) is 9.78 Å². The summed E-state index contributed by atoms with van der Waals surface area (Å²) in [4.78, 5) is 13.7. The fraction of sp³-hybridized carbons (Fsp3) is 0.375. The number of nitrogens with zero attached hydrogens (tertiary/aromatic N) is 3. The molecule has 21 heavy (non-hydrogen) atoms. The van der Waals surface area contributed by atoms with Crippen LogP contribution in [0.5, 0.6) is 0 Å². The van der Waals surface area contributed by atoms with Crippen LogP contribution in [-0.2, 0) is 19.5 Å². The number of fused-ring (bicyclic) bond motifs is 1. The summed E-state index contributed by atoms with van der Waals surface area (Å²) in [7, 11) is 0. The molecule has 0 saturated carbocycles. The maximum atomic E-state index is 11.4. The van der Waals surface area contributed by atoms with Crippen LogP contribution in [0.1, 0.15) is 35.1 Å². The molecular weight excluding hydrogens is 266 g/mol. The summed E-state index contributed by atoms with van der Waals surface area (Å²) in [5.74, 6) is -0.934. The van der Waals surface area contributed by atoms with Crippen LogP contribution in [0.25, 0.3) is 0 Å². The maximum absolute atomic E-state index is 11.4. The number of anilines is 1. The van der Waals surface area contributed by atoms with E-state index in [1.807, 2.05) is 22.9 Å². The highest BCUT2D eigenvalue weighted by Gasteiger charge is 2.27. The Morgan fingerprint density at radius 1 is 1.33 bits per heavy atom. The van der Waals surface area contributed by atoms with Crippen LogP contribution < -0.4 is 4.90 Å². The lowest BCUT2D eigenvalue weighted by Gasteiger charge is -2.29. The lowest BCUT2D eigenvalue weighted by Crippen LogP contribution is -2.31. The van der Waals surface area contributed by atoms with Crippen molar-refractivity contribution >= 4 is 11.7 Å². The minimum atomic E-state index is -0.934. The molecule has 0 saturated heterocycles. The summed E-state index contributed by atoms with van der Waals surface area (Å²) in [6.45, 7) is 4.37. The van der Waals surface area contributed by atoms with E-state index in [0.29, 0.717) is 6.54 Å². The number of benzene rings is 1. The number of hydrogen-bond donors (Lipinski definition) is 1. The third-order valence-corrected chi connectivity index (χ3v) is 3.89. The van der Waals surface area contributed by atoms with Gasteiger partial charge in [-0.3, -0.25) is 4.68 Å². The van der Waals surface area contributed by atoms with E-state index in [-0.39, 0.29) is 5.69 Å². The lowest BCUT2D eigenvalue weighted by atomic mass is 10.0. The second kappa shape index (κ2) is 5.60. The molecule has 1 aromatic heterocycles. The Hall–Kier alpha value is -2.30. The smallest absolute Gasteiger partial charge is 0.356 e. The maximum Gasteiger partial charge on any atom is 0.356 e. The van der Waals surface area contributed by atoms with Crippen molar-refractivity contribution in [3.63, 3.8) is 0 Å². The number of aromatic carboxylic acids is 1. The molecule has 5 nitrogen and oxygen atoms in total. The van der Waals surface area contributed by atoms with E-state index in [1.54, 1.807) is 0 Å². The highest BCUT2D eigenvalue weighted by Crippen LogP contribution is 2.27. The fourth-order valence-electron chi connectivity index (χ4n) is 2.92. The molecule has 1 aliphatic heterocycles. The minimum absolute atomic E-state index is 0.207. The van der Waals surface area contributed by atoms with E-state index in [1.165, 1.54) is 0 Å². The highest BCUT2D eigenvalue weighted by atomic mass is 16.4. The van der Waals surface area contributed by atoms with Gasteiger partial charge in [-0.2, -0.15) is 5.10 Å². The molecule has 3 rings (SSSR count). The number of rotatable bonds is 4. The monoisotopic (exact) mass is 285 g/mol. The first-order valence-electron chi connectivity index (χ1n) is 7.32. The average Bonchev–Trinajstić information content (AvgIpc) is 2.87. The molecule has 0 unspecified atom stereocenters. The molecule has 1 aromatic carbocycles. The van der Waals surface area contributed by atoms with Crippen molar-refractivity contribution < 1.29 is 9.90 Å². The van der Waals surface area contributed by atoms with Crippen LogP contribution in [0.15, 0.2) is 30.3 Å². The first-order chi connectivity index (χ1) is 10.2. The number of aromatic nitrogens is 2. The van der Waals surface area contributed by atoms with Gasteiger partial charge in [0.25, 0.3) is 0 Å². The van der Waals surface area contributed by atoms with Gasteiger partial charge in [-0.1, -0.05) is 25.1 Å². The molecule has 0 amide bonds. The predicted octanol–water partition coefficient (Wildman–Crippen LogP) is 2.55. The third-order valence-electron chi connectivity index (χ3n) is 3.89. The van der Waals surface area contributed by atoms with Gasteiger partial charge >= 0.3 is 5.97 Å². The van der Waals surface area contributed by atoms with Crippen LogP contribution in [-0.4, -0.2) is 27.4 Å². The van der Waals surface area contributed by atoms with Gasteiger partial charge in [0.2, 0.25) is 0 Å². The number of para-hydroxylation sites is 1. The Labute approximate surface area is 123 Å². The molecule has 0 fully saturated rings. The summed E-state index contributed by atoms with van der Waals surface area (Å²) >= 11 is 0. The van der Waals surface area contributed by atoms with Crippen molar-refractivity contribution in [3.05, 3.63) is 47.3 Å². The number of carboxylic acids is 1. The largest absolute Gasteiger partial charge is 0.476 e. The molecule has 2 aromatic rings. The molecular formula is C16H19N3O2. The highest BCUT2D eigenvalue weighted by molar-refractivity contribution is 5.87. The van der Waals surface area contributed by atoms with Gasteiger partial charge in [-0.15, -0.1) is 0 Å². The summed E-state index contributed by atoms with van der Waals surface area (Å²) in [5.41, 5.74) is 3.29. The first-order valence-corrected chi connectivity index (χ1v) is 7.32. The van der Waals surface area contributed by atoms with Crippen molar-refractivity contribution in [1.29, 1.82) is 0 Å². The molecule has 0 spiro atoms. The van der Waals surface area contributed by atoms with Gasteiger partial charge < -0.3 is 10.0 Å². The van der Waals surface area contributed by atoms with Crippen LogP contribution in [0.2, 0.25) is 0 Å². The van der Waals surface area contributed by atoms with Crippen LogP contribution in [0.3, 0.4) is 0 Å². The van der Waals surface area contributed by atoms with E-state index >= 15 is 0 Å². The van der Waals surface area contributed by atoms with Crippen LogP contribution >= 0.6 is 0 Å². The van der Waals surface area contributed by atoms with E-state index in [9.17, 15) is 9.90 Å². The van der Waals surface area contributed by atoms with Crippen molar-refractivity contribution in [3.8, 4) is 0 Å². The van der Waals surface area contributed by atoms with E-state index in [0.717, 1.165) is 42.9 Å². The Bertz CT molecular complexity index is 649. The van der Waals surface area contributed by atoms with Gasteiger partial charge in [-0.25, -0.2) is 4.79 Å². The van der Waals surface area contributed by atoms with Gasteiger partial charge in [-0.05, 0) is 18.6 Å². The van der Waals surface area contributed by atoms with Gasteiger partial charge in [0, 0.05) is 43.0 Å². The van der Waals surface area contributed by atoms with E-state index in [2.05, 4.69) is 29.1 Å². The van der Waals surface area contributed by atoms with E-state index in [4.69, 9.17) is 0 Å². The van der Waals surface area contributed by atoms with E-state index < -0.39 is 5.97 Å². The standard InChI is InChI=1S/C16H19N3O2/c1-2-9-19-14-8-10-18(12-6-4-3-5-7-12)11-13(14)15(17-19)16(20)21/h3-7H,2,8-11H2,1H3,(H,20,21). The third kappa shape index (κ3) is 2.51. The molecule has 0 radical (unpaired) electrons. The van der Waals surface area contributed by atoms with Crippen LogP contribution in [0, 0.1) is 0 Å². The van der Waals surface area contributed by atoms with Crippen molar-refractivity contribution in [2.24, 2.45) is 0 Å². The zero-order valence-electron chi connectivity index (χ0n) is 12.1. The number of hydrogen-bond acceptors (Lipinski definition) is 3. The summed E-state index contributed by atoms with van der Waals surface area (Å²) < 4.78 is 1.88. The Morgan fingerprint density at radius 2 is 2.10 bits per heavy atom. The van der Waals surface area contributed by atoms with Crippen LogP contribution in [0.4, 0.5) is 5.69 Å². The minimum Gasteiger partial charge on any atom is -0.476 e. The quantitative estimate of drug-likeness (QED) is 0.938. The fourth-order valence-corrected chi connectivity index (χ4v) is 2.92. The molecule has 0 bridgehead atoms. The summed E-state index contributed by atoms with van der Waals surface area (Å²) in [6, 6.07) is 10.1. The Kier molecular flexibility index (Phi) is 3.64. The summed E-state index contributed by atoms with van der Waals surface area (Å²) in [6.07, 6.45) is 1.79. The molecule has 110 valence electrons. The van der Waals surface area contributed by atoms with Gasteiger partial charge in [0.15, 0.2) is 5.69 Å². The second-order valence-electron chi connectivity index (χ2n) is 5.31. The van der Waals surface area contributed by atoms with Gasteiger partial charge in [0.1, 0.15) is 0 Å². The zero-order chi connectivity index (χ0) is 14.8. The van der Waals surface area contributed by atoms with Gasteiger partial charge in [0.05, 0.1) is 0 Å². The average molecular weight is 285 g/mol. The molecule has 0 atom stereocenters. The molecule has 5 heteroatoms. The van der Waals surface area contributed by atoms with Crippen molar-refractivity contribution in [2.45, 2.75) is 32.9 Å². The zero-order valence-corrected chi connectivity index (χ0v) is 12.1. The molecule has 0 aliphatic carbocycles. The SMILES string of the molecule is CCCn1nc(C(=O)O)c2c1CCN(c1ccccc1)C2. The lowest BCUT2D eigenvalue weighted by molar-refractivity contribution is 0.0688. The number of carboxylic acid groups (broad SMARTS) is 1. The molecule has 1 N–H and O–H groups in total. The van der Waals surface area contributed by atoms with Crippen molar-refractivity contribution in [2.75, 3.05) is 11.4 Å².